The molecule has 2 aromatic rings. The lowest BCUT2D eigenvalue weighted by atomic mass is 10.2. The maximum absolute atomic E-state index is 12.0. The molecule has 0 atom stereocenters. The van der Waals surface area contributed by atoms with Crippen LogP contribution in [0.2, 0.25) is 0 Å². The van der Waals surface area contributed by atoms with Crippen LogP contribution in [0.15, 0.2) is 33.5 Å². The average molecular weight is 348 g/mol. The number of primary amides is 1. The fourth-order valence-electron chi connectivity index (χ4n) is 1.64. The summed E-state index contributed by atoms with van der Waals surface area (Å²) < 4.78 is 9.59. The first-order valence-corrected chi connectivity index (χ1v) is 6.33. The SMILES string of the molecule is NC(=O)c1cc(=O)cc(C(=O)Oc2cc(C(=O)O)nc(C(=O)O)c2)o1. The van der Waals surface area contributed by atoms with Crippen LogP contribution in [0.25, 0.3) is 0 Å². The van der Waals surface area contributed by atoms with Gasteiger partial charge in [0.1, 0.15) is 5.75 Å². The average Bonchev–Trinajstić information content (AvgIpc) is 2.53. The molecule has 0 spiro atoms. The molecular weight excluding hydrogens is 340 g/mol. The second-order valence-electron chi connectivity index (χ2n) is 4.46. The predicted octanol–water partition coefficient (Wildman–Crippen LogP) is -0.251. The Morgan fingerprint density at radius 1 is 0.960 bits per heavy atom. The Morgan fingerprint density at radius 3 is 1.96 bits per heavy atom. The number of hydrogen-bond donors (Lipinski definition) is 3. The molecule has 4 N–H and O–H groups in total. The highest BCUT2D eigenvalue weighted by atomic mass is 16.5. The van der Waals surface area contributed by atoms with Gasteiger partial charge < -0.3 is 25.1 Å². The van der Waals surface area contributed by atoms with Gasteiger partial charge in [0.05, 0.1) is 0 Å². The molecule has 2 rings (SSSR count). The molecule has 2 heterocycles. The Bertz CT molecular complexity index is 929. The second-order valence-corrected chi connectivity index (χ2v) is 4.46. The number of amides is 1. The molecule has 25 heavy (non-hydrogen) atoms. The van der Waals surface area contributed by atoms with Crippen LogP contribution in [0.1, 0.15) is 42.1 Å². The largest absolute Gasteiger partial charge is 0.477 e. The van der Waals surface area contributed by atoms with E-state index in [0.29, 0.717) is 6.07 Å². The van der Waals surface area contributed by atoms with Crippen LogP contribution in [0.5, 0.6) is 5.75 Å². The third-order valence-corrected chi connectivity index (χ3v) is 2.66. The van der Waals surface area contributed by atoms with E-state index in [2.05, 4.69) is 4.98 Å². The molecular formula is C14H8N2O9. The van der Waals surface area contributed by atoms with Gasteiger partial charge in [-0.3, -0.25) is 9.59 Å². The van der Waals surface area contributed by atoms with Crippen molar-refractivity contribution in [2.24, 2.45) is 5.73 Å². The number of aromatic carboxylic acids is 2. The molecule has 0 saturated carbocycles. The predicted molar refractivity (Wildman–Crippen MR) is 76.6 cm³/mol. The molecule has 0 aliphatic rings. The minimum atomic E-state index is -1.55. The summed E-state index contributed by atoms with van der Waals surface area (Å²) in [5, 5.41) is 17.8. The first kappa shape index (κ1) is 17.3. The van der Waals surface area contributed by atoms with Crippen molar-refractivity contribution < 1.29 is 38.5 Å². The number of ether oxygens (including phenoxy) is 1. The summed E-state index contributed by atoms with van der Waals surface area (Å²) in [5.74, 6) is -7.23. The number of carbonyl (C=O) groups excluding carboxylic acids is 2. The Kier molecular flexibility index (Phi) is 4.59. The highest BCUT2D eigenvalue weighted by Gasteiger charge is 2.19. The maximum atomic E-state index is 12.0. The first-order chi connectivity index (χ1) is 11.7. The van der Waals surface area contributed by atoms with E-state index in [1.54, 1.807) is 0 Å². The van der Waals surface area contributed by atoms with Gasteiger partial charge in [-0.05, 0) is 0 Å². The zero-order valence-corrected chi connectivity index (χ0v) is 12.1. The van der Waals surface area contributed by atoms with Crippen molar-refractivity contribution in [3.63, 3.8) is 0 Å². The number of nitrogens with zero attached hydrogens (tertiary/aromatic N) is 1. The molecule has 11 heteroatoms. The van der Waals surface area contributed by atoms with Crippen LogP contribution in [0.3, 0.4) is 0 Å². The highest BCUT2D eigenvalue weighted by molar-refractivity contribution is 5.93. The molecule has 0 unspecified atom stereocenters. The summed E-state index contributed by atoms with van der Waals surface area (Å²) in [6, 6.07) is 3.06. The van der Waals surface area contributed by atoms with Gasteiger partial charge in [-0.15, -0.1) is 0 Å². The number of carboxylic acids is 2. The van der Waals surface area contributed by atoms with Crippen molar-refractivity contribution in [3.8, 4) is 5.75 Å². The van der Waals surface area contributed by atoms with E-state index in [0.717, 1.165) is 18.2 Å². The van der Waals surface area contributed by atoms with Crippen molar-refractivity contribution in [2.75, 3.05) is 0 Å². The Labute approximate surface area is 137 Å². The van der Waals surface area contributed by atoms with E-state index >= 15 is 0 Å². The van der Waals surface area contributed by atoms with E-state index in [1.165, 1.54) is 0 Å². The van der Waals surface area contributed by atoms with Gasteiger partial charge in [-0.2, -0.15) is 0 Å². The number of nitrogens with two attached hydrogens (primary N) is 1. The first-order valence-electron chi connectivity index (χ1n) is 6.33. The number of carbonyl (C=O) groups is 4. The van der Waals surface area contributed by atoms with Crippen LogP contribution < -0.4 is 15.9 Å². The van der Waals surface area contributed by atoms with E-state index < -0.39 is 57.9 Å². The summed E-state index contributed by atoms with van der Waals surface area (Å²) >= 11 is 0. The van der Waals surface area contributed by atoms with Gasteiger partial charge in [0.2, 0.25) is 5.76 Å². The number of pyridine rings is 1. The summed E-state index contributed by atoms with van der Waals surface area (Å²) in [5.41, 5.74) is 2.81. The zero-order chi connectivity index (χ0) is 18.7. The summed E-state index contributed by atoms with van der Waals surface area (Å²) in [4.78, 5) is 59.6. The Balaban J connectivity index is 2.41. The monoisotopic (exact) mass is 348 g/mol. The lowest BCUT2D eigenvalue weighted by molar-refractivity contribution is 0.0658. The lowest BCUT2D eigenvalue weighted by Gasteiger charge is -2.06. The third kappa shape index (κ3) is 4.04. The minimum Gasteiger partial charge on any atom is -0.477 e. The molecule has 0 aliphatic carbocycles. The highest BCUT2D eigenvalue weighted by Crippen LogP contribution is 2.17. The molecule has 0 radical (unpaired) electrons. The topological polar surface area (TPSA) is 187 Å². The van der Waals surface area contributed by atoms with Gasteiger partial charge in [-0.1, -0.05) is 0 Å². The van der Waals surface area contributed by atoms with Gasteiger partial charge in [0.15, 0.2) is 22.6 Å². The Morgan fingerprint density at radius 2 is 1.48 bits per heavy atom. The molecule has 2 aromatic heterocycles. The quantitative estimate of drug-likeness (QED) is 0.608. The van der Waals surface area contributed by atoms with Crippen molar-refractivity contribution in [1.82, 2.24) is 4.98 Å². The van der Waals surface area contributed by atoms with Crippen LogP contribution in [-0.4, -0.2) is 39.0 Å². The van der Waals surface area contributed by atoms with Crippen molar-refractivity contribution in [2.45, 2.75) is 0 Å². The number of aromatic nitrogens is 1. The van der Waals surface area contributed by atoms with E-state index in [4.69, 9.17) is 25.1 Å². The van der Waals surface area contributed by atoms with Crippen LogP contribution >= 0.6 is 0 Å². The summed E-state index contributed by atoms with van der Waals surface area (Å²) in [6.07, 6.45) is 0. The molecule has 0 saturated heterocycles. The minimum absolute atomic E-state index is 0.470. The summed E-state index contributed by atoms with van der Waals surface area (Å²) in [7, 11) is 0. The van der Waals surface area contributed by atoms with Crippen molar-refractivity contribution in [3.05, 3.63) is 57.4 Å². The van der Waals surface area contributed by atoms with Gasteiger partial charge in [0.25, 0.3) is 5.91 Å². The van der Waals surface area contributed by atoms with Gasteiger partial charge in [0, 0.05) is 24.3 Å². The number of esters is 1. The molecule has 0 aromatic carbocycles. The third-order valence-electron chi connectivity index (χ3n) is 2.66. The molecule has 1 amide bonds. The Hall–Kier alpha value is -4.02. The fourth-order valence-corrected chi connectivity index (χ4v) is 1.64. The van der Waals surface area contributed by atoms with Gasteiger partial charge >= 0.3 is 17.9 Å². The maximum Gasteiger partial charge on any atom is 0.379 e. The molecule has 0 fully saturated rings. The van der Waals surface area contributed by atoms with E-state index in [9.17, 15) is 24.0 Å². The molecule has 0 aliphatic heterocycles. The van der Waals surface area contributed by atoms with Gasteiger partial charge in [-0.25, -0.2) is 19.4 Å². The molecule has 0 bridgehead atoms. The zero-order valence-electron chi connectivity index (χ0n) is 12.1. The van der Waals surface area contributed by atoms with Crippen LogP contribution in [0, 0.1) is 0 Å². The van der Waals surface area contributed by atoms with E-state index in [-0.39, 0.29) is 0 Å². The van der Waals surface area contributed by atoms with Crippen LogP contribution in [-0.2, 0) is 0 Å². The summed E-state index contributed by atoms with van der Waals surface area (Å²) in [6.45, 7) is 0. The number of carboxylic acid groups (broad SMARTS) is 2. The van der Waals surface area contributed by atoms with E-state index in [1.807, 2.05) is 0 Å². The molecule has 11 nitrogen and oxygen atoms in total. The van der Waals surface area contributed by atoms with Crippen LogP contribution in [0.4, 0.5) is 0 Å². The molecule has 128 valence electrons. The standard InChI is InChI=1S/C14H8N2O9/c15-11(18)9-1-5(17)2-10(25-9)14(23)24-6-3-7(12(19)20)16-8(4-6)13(21)22/h1-4H,(H2,15,18)(H,19,20)(H,21,22). The fraction of sp³-hybridized carbons (Fsp3) is 0. The second kappa shape index (κ2) is 6.62. The number of hydrogen-bond acceptors (Lipinski definition) is 8. The van der Waals surface area contributed by atoms with Crippen molar-refractivity contribution >= 4 is 23.8 Å². The van der Waals surface area contributed by atoms with Crippen molar-refractivity contribution in [1.29, 1.82) is 0 Å². The lowest BCUT2D eigenvalue weighted by Crippen LogP contribution is -2.18. The normalized spacial score (nSPS) is 10.1. The smallest absolute Gasteiger partial charge is 0.379 e. The number of rotatable bonds is 5.